The maximum absolute atomic E-state index is 12.2. The molecule has 7 heteroatoms. The van der Waals surface area contributed by atoms with Crippen LogP contribution < -0.4 is 14.8 Å². The number of imide groups is 1. The predicted octanol–water partition coefficient (Wildman–Crippen LogP) is 1.76. The Bertz CT molecular complexity index is 629. The molecule has 1 fully saturated rings. The summed E-state index contributed by atoms with van der Waals surface area (Å²) in [7, 11) is 3.04. The Labute approximate surface area is 128 Å². The van der Waals surface area contributed by atoms with E-state index in [2.05, 4.69) is 10.4 Å². The van der Waals surface area contributed by atoms with Gasteiger partial charge in [-0.25, -0.2) is 4.79 Å². The fourth-order valence-corrected chi connectivity index (χ4v) is 2.15. The standard InChI is InChI=1S/C15H19N3O4/c1-5-15(2)13(19)18(14(20)17-15)16-9-10-7-6-8-11(21-3)12(10)22-4/h6-9H,5H2,1-4H3,(H,17,20)/b16-9-/t15-/m1/s1. The number of rotatable bonds is 5. The highest BCUT2D eigenvalue weighted by Gasteiger charge is 2.46. The Morgan fingerprint density at radius 1 is 1.32 bits per heavy atom. The number of nitrogens with one attached hydrogen (secondary N) is 1. The van der Waals surface area contributed by atoms with E-state index in [9.17, 15) is 9.59 Å². The number of benzene rings is 1. The Balaban J connectivity index is 2.30. The predicted molar refractivity (Wildman–Crippen MR) is 81.2 cm³/mol. The lowest BCUT2D eigenvalue weighted by molar-refractivity contribution is -0.130. The van der Waals surface area contributed by atoms with Crippen molar-refractivity contribution in [1.82, 2.24) is 10.3 Å². The molecule has 7 nitrogen and oxygen atoms in total. The number of carbonyl (C=O) groups excluding carboxylic acids is 2. The van der Waals surface area contributed by atoms with Crippen molar-refractivity contribution in [2.75, 3.05) is 14.2 Å². The molecule has 0 spiro atoms. The lowest BCUT2D eigenvalue weighted by Crippen LogP contribution is -2.42. The van der Waals surface area contributed by atoms with Gasteiger partial charge in [-0.3, -0.25) is 4.79 Å². The number of para-hydroxylation sites is 1. The summed E-state index contributed by atoms with van der Waals surface area (Å²) in [5.74, 6) is 0.652. The van der Waals surface area contributed by atoms with E-state index >= 15 is 0 Å². The van der Waals surface area contributed by atoms with Crippen molar-refractivity contribution in [1.29, 1.82) is 0 Å². The van der Waals surface area contributed by atoms with Crippen LogP contribution in [-0.2, 0) is 4.79 Å². The molecule has 1 heterocycles. The molecule has 3 amide bonds. The number of ether oxygens (including phenoxy) is 2. The third-order valence-corrected chi connectivity index (χ3v) is 3.69. The molecule has 1 saturated heterocycles. The Morgan fingerprint density at radius 2 is 2.05 bits per heavy atom. The maximum atomic E-state index is 12.2. The molecule has 1 aliphatic rings. The van der Waals surface area contributed by atoms with Crippen LogP contribution in [0.5, 0.6) is 11.5 Å². The second kappa shape index (κ2) is 6.05. The molecule has 1 N–H and O–H groups in total. The first-order chi connectivity index (χ1) is 10.5. The molecule has 0 bridgehead atoms. The van der Waals surface area contributed by atoms with E-state index in [1.165, 1.54) is 20.4 Å². The Morgan fingerprint density at radius 3 is 2.59 bits per heavy atom. The number of hydrogen-bond acceptors (Lipinski definition) is 5. The van der Waals surface area contributed by atoms with Gasteiger partial charge in [0.2, 0.25) is 0 Å². The van der Waals surface area contributed by atoms with Crippen molar-refractivity contribution < 1.29 is 19.1 Å². The Kier molecular flexibility index (Phi) is 4.35. The van der Waals surface area contributed by atoms with Gasteiger partial charge in [-0.1, -0.05) is 13.0 Å². The molecule has 22 heavy (non-hydrogen) atoms. The van der Waals surface area contributed by atoms with Crippen molar-refractivity contribution in [2.45, 2.75) is 25.8 Å². The molecule has 0 aliphatic carbocycles. The summed E-state index contributed by atoms with van der Waals surface area (Å²) >= 11 is 0. The lowest BCUT2D eigenvalue weighted by Gasteiger charge is -2.17. The van der Waals surface area contributed by atoms with Gasteiger partial charge in [0.15, 0.2) is 11.5 Å². The number of hydrazone groups is 1. The number of carbonyl (C=O) groups is 2. The smallest absolute Gasteiger partial charge is 0.346 e. The van der Waals surface area contributed by atoms with Crippen molar-refractivity contribution in [3.8, 4) is 11.5 Å². The van der Waals surface area contributed by atoms with Crippen LogP contribution in [0.25, 0.3) is 0 Å². The van der Waals surface area contributed by atoms with E-state index in [0.717, 1.165) is 5.01 Å². The van der Waals surface area contributed by atoms with Crippen LogP contribution in [0.4, 0.5) is 4.79 Å². The molecular formula is C15H19N3O4. The van der Waals surface area contributed by atoms with Crippen LogP contribution in [-0.4, -0.2) is 42.9 Å². The van der Waals surface area contributed by atoms with Gasteiger partial charge in [0, 0.05) is 5.56 Å². The summed E-state index contributed by atoms with van der Waals surface area (Å²) in [5.41, 5.74) is -0.306. The monoisotopic (exact) mass is 305 g/mol. The minimum atomic E-state index is -0.910. The average molecular weight is 305 g/mol. The third kappa shape index (κ3) is 2.61. The number of nitrogens with zero attached hydrogens (tertiary/aromatic N) is 2. The first-order valence-corrected chi connectivity index (χ1v) is 6.88. The molecular weight excluding hydrogens is 286 g/mol. The van der Waals surface area contributed by atoms with E-state index in [1.807, 2.05) is 6.92 Å². The van der Waals surface area contributed by atoms with Crippen LogP contribution in [0.3, 0.4) is 0 Å². The van der Waals surface area contributed by atoms with Gasteiger partial charge in [-0.05, 0) is 25.5 Å². The summed E-state index contributed by atoms with van der Waals surface area (Å²) < 4.78 is 10.5. The molecule has 0 unspecified atom stereocenters. The minimum absolute atomic E-state index is 0.377. The second-order valence-electron chi connectivity index (χ2n) is 5.06. The van der Waals surface area contributed by atoms with E-state index in [0.29, 0.717) is 23.5 Å². The highest BCUT2D eigenvalue weighted by Crippen LogP contribution is 2.29. The third-order valence-electron chi connectivity index (χ3n) is 3.69. The fourth-order valence-electron chi connectivity index (χ4n) is 2.15. The summed E-state index contributed by atoms with van der Waals surface area (Å²) in [5, 5.41) is 7.46. The molecule has 1 atom stereocenters. The molecule has 0 aromatic heterocycles. The fraction of sp³-hybridized carbons (Fsp3) is 0.400. The van der Waals surface area contributed by atoms with Crippen molar-refractivity contribution in [3.63, 3.8) is 0 Å². The normalized spacial score (nSPS) is 21.4. The summed E-state index contributed by atoms with van der Waals surface area (Å²) in [6, 6.07) is 4.73. The van der Waals surface area contributed by atoms with Gasteiger partial charge in [0.05, 0.1) is 20.4 Å². The zero-order chi connectivity index (χ0) is 16.3. The van der Waals surface area contributed by atoms with Gasteiger partial charge in [0.1, 0.15) is 5.54 Å². The van der Waals surface area contributed by atoms with Gasteiger partial charge < -0.3 is 14.8 Å². The van der Waals surface area contributed by atoms with E-state index in [1.54, 1.807) is 25.1 Å². The average Bonchev–Trinajstić information content (AvgIpc) is 2.75. The molecule has 118 valence electrons. The van der Waals surface area contributed by atoms with Crippen molar-refractivity contribution in [2.24, 2.45) is 5.10 Å². The number of hydrogen-bond donors (Lipinski definition) is 1. The zero-order valence-corrected chi connectivity index (χ0v) is 13.0. The lowest BCUT2D eigenvalue weighted by atomic mass is 10.00. The molecule has 1 aromatic carbocycles. The first-order valence-electron chi connectivity index (χ1n) is 6.88. The van der Waals surface area contributed by atoms with E-state index in [4.69, 9.17) is 9.47 Å². The minimum Gasteiger partial charge on any atom is -0.493 e. The summed E-state index contributed by atoms with van der Waals surface area (Å²) in [6.45, 7) is 3.51. The molecule has 1 aromatic rings. The molecule has 0 saturated carbocycles. The van der Waals surface area contributed by atoms with Crippen LogP contribution >= 0.6 is 0 Å². The molecule has 1 aliphatic heterocycles. The topological polar surface area (TPSA) is 80.2 Å². The molecule has 0 radical (unpaired) electrons. The van der Waals surface area contributed by atoms with E-state index in [-0.39, 0.29) is 5.91 Å². The highest BCUT2D eigenvalue weighted by molar-refractivity contribution is 6.07. The van der Waals surface area contributed by atoms with Gasteiger partial charge in [-0.15, -0.1) is 5.01 Å². The number of methoxy groups -OCH3 is 2. The first kappa shape index (κ1) is 15.8. The van der Waals surface area contributed by atoms with Crippen molar-refractivity contribution in [3.05, 3.63) is 23.8 Å². The largest absolute Gasteiger partial charge is 0.493 e. The zero-order valence-electron chi connectivity index (χ0n) is 13.0. The van der Waals surface area contributed by atoms with Gasteiger partial charge in [0.25, 0.3) is 5.91 Å². The van der Waals surface area contributed by atoms with Crippen LogP contribution in [0.1, 0.15) is 25.8 Å². The van der Waals surface area contributed by atoms with Gasteiger partial charge >= 0.3 is 6.03 Å². The second-order valence-corrected chi connectivity index (χ2v) is 5.06. The maximum Gasteiger partial charge on any atom is 0.346 e. The van der Waals surface area contributed by atoms with E-state index < -0.39 is 11.6 Å². The van der Waals surface area contributed by atoms with Crippen LogP contribution in [0.2, 0.25) is 0 Å². The Hall–Kier alpha value is -2.57. The summed E-state index contributed by atoms with van der Waals surface area (Å²) in [6.07, 6.45) is 1.90. The van der Waals surface area contributed by atoms with Crippen LogP contribution in [0.15, 0.2) is 23.3 Å². The van der Waals surface area contributed by atoms with Gasteiger partial charge in [-0.2, -0.15) is 5.10 Å². The summed E-state index contributed by atoms with van der Waals surface area (Å²) in [4.78, 5) is 24.1. The number of urea groups is 1. The quantitative estimate of drug-likeness (QED) is 0.664. The van der Waals surface area contributed by atoms with Crippen LogP contribution in [0, 0.1) is 0 Å². The number of amides is 3. The SMILES string of the molecule is CC[C@@]1(C)NC(=O)N(/N=C\c2cccc(OC)c2OC)C1=O. The van der Waals surface area contributed by atoms with Crippen molar-refractivity contribution >= 4 is 18.2 Å². The highest BCUT2D eigenvalue weighted by atomic mass is 16.5. The molecule has 2 rings (SSSR count).